The van der Waals surface area contributed by atoms with Gasteiger partial charge in [-0.05, 0) is 0 Å². The zero-order chi connectivity index (χ0) is 29.1. The molecule has 0 aromatic heterocycles. The zero-order valence-corrected chi connectivity index (χ0v) is 27.4. The molecule has 0 bridgehead atoms. The van der Waals surface area contributed by atoms with Gasteiger partial charge < -0.3 is 0 Å². The Morgan fingerprint density at radius 3 is 1.72 bits per heavy atom. The van der Waals surface area contributed by atoms with Crippen molar-refractivity contribution in [2.45, 2.75) is 17.8 Å². The molecule has 2 aliphatic rings. The Bertz CT molecular complexity index is 1540. The second kappa shape index (κ2) is 13.5. The topological polar surface area (TPSA) is 86.7 Å². The summed E-state index contributed by atoms with van der Waals surface area (Å²) in [4.78, 5) is 40.4. The van der Waals surface area contributed by atoms with Gasteiger partial charge in [-0.1, -0.05) is 6.07 Å². The first-order valence-corrected chi connectivity index (χ1v) is 17.1. The number of carbonyl (C=O) groups excluding carboxylic acids is 2. The van der Waals surface area contributed by atoms with Gasteiger partial charge in [0.1, 0.15) is 0 Å². The number of thioether (sulfide) groups is 1. The number of hydrogen-bond donors (Lipinski definition) is 2. The molecule has 2 heterocycles. The molecule has 0 spiro atoms. The van der Waals surface area contributed by atoms with E-state index in [0.717, 1.165) is 11.1 Å². The van der Waals surface area contributed by atoms with Crippen molar-refractivity contribution in [2.75, 3.05) is 11.9 Å². The maximum atomic E-state index is 13.4. The molecule has 4 aromatic carbocycles. The summed E-state index contributed by atoms with van der Waals surface area (Å²) in [5.41, 5.74) is 1.65. The van der Waals surface area contributed by atoms with E-state index in [2.05, 4.69) is 41.7 Å². The zero-order valence-electron chi connectivity index (χ0n) is 23.3. The first-order valence-electron chi connectivity index (χ1n) is 13.9. The fourth-order valence-electron chi connectivity index (χ4n) is 6.12. The summed E-state index contributed by atoms with van der Waals surface area (Å²) in [7, 11) is -2.78. The van der Waals surface area contributed by atoms with Crippen molar-refractivity contribution >= 4 is 76.7 Å². The fraction of sp³-hybridized carbons (Fsp3) is 0.147. The van der Waals surface area contributed by atoms with E-state index < -0.39 is 24.6 Å². The van der Waals surface area contributed by atoms with Crippen LogP contribution in [0.2, 0.25) is 0 Å². The molecule has 220 valence electrons. The molecule has 1 fully saturated rings. The molecule has 2 amide bonds. The summed E-state index contributed by atoms with van der Waals surface area (Å²) >= 11 is 1.52. The van der Waals surface area contributed by atoms with E-state index in [1.807, 2.05) is 84.9 Å². The van der Waals surface area contributed by atoms with Crippen LogP contribution in [0.4, 0.5) is 0 Å². The van der Waals surface area contributed by atoms with Crippen LogP contribution in [0.5, 0.6) is 0 Å². The number of β-lactam (4-membered cyclic amide) rings is 1. The second-order valence-corrected chi connectivity index (χ2v) is 15.6. The van der Waals surface area contributed by atoms with Crippen LogP contribution in [0.15, 0.2) is 133 Å². The third kappa shape index (κ3) is 6.01. The van der Waals surface area contributed by atoms with Gasteiger partial charge in [-0.2, -0.15) is 0 Å². The summed E-state index contributed by atoms with van der Waals surface area (Å²) in [5.74, 6) is -1.29. The first-order chi connectivity index (χ1) is 20.5. The third-order valence-electron chi connectivity index (χ3n) is 8.05. The minimum absolute atomic E-state index is 0. The number of hydrogen-bond acceptors (Lipinski definition) is 4. The second-order valence-electron chi connectivity index (χ2n) is 10.6. The van der Waals surface area contributed by atoms with Crippen molar-refractivity contribution in [1.29, 1.82) is 0 Å². The molecule has 6 nitrogen and oxygen atoms in total. The Labute approximate surface area is 272 Å². The Kier molecular flexibility index (Phi) is 9.69. The van der Waals surface area contributed by atoms with Crippen LogP contribution in [-0.4, -0.2) is 51.1 Å². The van der Waals surface area contributed by atoms with E-state index in [0.29, 0.717) is 11.9 Å². The van der Waals surface area contributed by atoms with E-state index in [1.165, 1.54) is 32.6 Å². The summed E-state index contributed by atoms with van der Waals surface area (Å²) < 4.78 is 0. The number of aliphatic carboxylic acids is 1. The molecule has 43 heavy (non-hydrogen) atoms. The number of rotatable bonds is 9. The Morgan fingerprint density at radius 1 is 0.791 bits per heavy atom. The van der Waals surface area contributed by atoms with Crippen LogP contribution < -0.4 is 21.2 Å². The number of carboxylic acid groups (broad SMARTS) is 1. The molecule has 2 aliphatic heterocycles. The van der Waals surface area contributed by atoms with E-state index in [4.69, 9.17) is 0 Å². The van der Waals surface area contributed by atoms with Crippen molar-refractivity contribution in [3.8, 4) is 0 Å². The number of nitrogens with one attached hydrogen (secondary N) is 1. The number of amides is 2. The maximum absolute atomic E-state index is 13.4. The normalized spacial score (nSPS) is 18.1. The van der Waals surface area contributed by atoms with Crippen molar-refractivity contribution in [3.63, 3.8) is 0 Å². The van der Waals surface area contributed by atoms with Gasteiger partial charge >= 0.3 is 244 Å². The summed E-state index contributed by atoms with van der Waals surface area (Å²) in [6, 6.07) is 39.6. The van der Waals surface area contributed by atoms with Gasteiger partial charge in [-0.15, -0.1) is 24.0 Å². The standard InChI is InChI=1S/C34H31N2O4PS.HI/c37-29(21-24-13-5-1-6-14-24)35-30-32(38)36-31(34(39)40)25(23-42-33(30)36)22-41(26-15-7-2-8-16-26,27-17-9-3-10-18-27)28-19-11-4-12-20-28;/h1-20,30,33,41H,21-23H2,(H,35,37)(H,39,40);1H/t30?,33-;/m0./s1. The molecule has 0 radical (unpaired) electrons. The molecule has 2 N–H and O–H groups in total. The van der Waals surface area contributed by atoms with Gasteiger partial charge in [0.15, 0.2) is 0 Å². The van der Waals surface area contributed by atoms with Crippen LogP contribution >= 0.6 is 43.0 Å². The first kappa shape index (κ1) is 31.0. The Hall–Kier alpha value is -3.46. The number of benzene rings is 4. The van der Waals surface area contributed by atoms with Crippen molar-refractivity contribution in [1.82, 2.24) is 10.2 Å². The van der Waals surface area contributed by atoms with Crippen LogP contribution in [-0.2, 0) is 20.8 Å². The van der Waals surface area contributed by atoms with Crippen LogP contribution in [0.25, 0.3) is 0 Å². The quantitative estimate of drug-likeness (QED) is 0.153. The number of halogens is 1. The average molecular weight is 723 g/mol. The molecule has 0 aliphatic carbocycles. The van der Waals surface area contributed by atoms with Gasteiger partial charge in [0.25, 0.3) is 0 Å². The van der Waals surface area contributed by atoms with E-state index in [-0.39, 0.29) is 47.9 Å². The molecular weight excluding hydrogens is 690 g/mol. The van der Waals surface area contributed by atoms with Crippen molar-refractivity contribution in [2.24, 2.45) is 0 Å². The summed E-state index contributed by atoms with van der Waals surface area (Å²) in [5, 5.41) is 16.4. The number of fused-ring (bicyclic) bond motifs is 1. The molecule has 2 atom stereocenters. The average Bonchev–Trinajstić information content (AvgIpc) is 3.03. The number of nitrogens with zero attached hydrogens (tertiary/aromatic N) is 1. The molecule has 9 heteroatoms. The van der Waals surface area contributed by atoms with Gasteiger partial charge in [-0.25, -0.2) is 0 Å². The van der Waals surface area contributed by atoms with Crippen LogP contribution in [0, 0.1) is 0 Å². The van der Waals surface area contributed by atoms with Crippen molar-refractivity contribution < 1.29 is 19.5 Å². The Morgan fingerprint density at radius 2 is 1.26 bits per heavy atom. The predicted molar refractivity (Wildman–Crippen MR) is 187 cm³/mol. The van der Waals surface area contributed by atoms with Crippen LogP contribution in [0.1, 0.15) is 5.56 Å². The molecule has 1 saturated heterocycles. The van der Waals surface area contributed by atoms with Gasteiger partial charge in [-0.3, -0.25) is 0 Å². The SMILES string of the molecule is I.O=C(Cc1ccccc1)NC1C(=O)N2C(C(=O)O)=C(C[PH](c3ccccc3)(c3ccccc3)c3ccccc3)CS[C@@H]12. The molecule has 0 saturated carbocycles. The summed E-state index contributed by atoms with van der Waals surface area (Å²) in [6.45, 7) is 0. The molecule has 1 unspecified atom stereocenters. The van der Waals surface area contributed by atoms with Gasteiger partial charge in [0.2, 0.25) is 0 Å². The monoisotopic (exact) mass is 722 g/mol. The number of carboxylic acids is 1. The van der Waals surface area contributed by atoms with Gasteiger partial charge in [0, 0.05) is 0 Å². The minimum atomic E-state index is -2.78. The number of carbonyl (C=O) groups is 3. The molecule has 6 rings (SSSR count). The van der Waals surface area contributed by atoms with Crippen LogP contribution in [0.3, 0.4) is 0 Å². The van der Waals surface area contributed by atoms with E-state index >= 15 is 0 Å². The van der Waals surface area contributed by atoms with E-state index in [9.17, 15) is 19.5 Å². The van der Waals surface area contributed by atoms with Gasteiger partial charge in [0.05, 0.1) is 0 Å². The predicted octanol–water partition coefficient (Wildman–Crippen LogP) is 4.31. The molecule has 4 aromatic rings. The van der Waals surface area contributed by atoms with E-state index in [1.54, 1.807) is 0 Å². The Balaban J connectivity index is 0.00000368. The fourth-order valence-corrected chi connectivity index (χ4v) is 12.5. The van der Waals surface area contributed by atoms with Crippen molar-refractivity contribution in [3.05, 3.63) is 138 Å². The summed E-state index contributed by atoms with van der Waals surface area (Å²) in [6.07, 6.45) is 0.676. The third-order valence-corrected chi connectivity index (χ3v) is 14.3. The molecular formula is C34H32IN2O4PS.